The summed E-state index contributed by atoms with van der Waals surface area (Å²) in [5.74, 6) is 1.56. The summed E-state index contributed by atoms with van der Waals surface area (Å²) < 4.78 is 0. The van der Waals surface area contributed by atoms with Crippen LogP contribution >= 0.6 is 0 Å². The van der Waals surface area contributed by atoms with Crippen molar-refractivity contribution in [2.24, 2.45) is 5.92 Å². The molecule has 1 fully saturated rings. The maximum atomic E-state index is 10.4. The van der Waals surface area contributed by atoms with Gasteiger partial charge in [0.1, 0.15) is 18.0 Å². The highest BCUT2D eigenvalue weighted by Crippen LogP contribution is 2.26. The van der Waals surface area contributed by atoms with Gasteiger partial charge < -0.3 is 15.7 Å². The van der Waals surface area contributed by atoms with Crippen LogP contribution in [0.5, 0.6) is 0 Å². The zero-order valence-electron chi connectivity index (χ0n) is 10.9. The molecule has 0 unspecified atom stereocenters. The molecule has 104 valence electrons. The van der Waals surface area contributed by atoms with E-state index in [1.54, 1.807) is 0 Å². The Labute approximate surface area is 112 Å². The van der Waals surface area contributed by atoms with Gasteiger partial charge in [-0.15, -0.1) is 0 Å². The summed E-state index contributed by atoms with van der Waals surface area (Å²) in [6.07, 6.45) is 6.22. The molecule has 0 radical (unpaired) electrons. The van der Waals surface area contributed by atoms with Crippen LogP contribution in [0, 0.1) is 5.92 Å². The minimum atomic E-state index is -0.771. The first-order chi connectivity index (χ1) is 9.24. The van der Waals surface area contributed by atoms with E-state index in [0.717, 1.165) is 24.1 Å². The smallest absolute Gasteiger partial charge is 0.303 e. The van der Waals surface area contributed by atoms with E-state index in [0.29, 0.717) is 13.0 Å². The molecule has 1 aliphatic rings. The first kappa shape index (κ1) is 13.6. The number of aromatic nitrogens is 2. The van der Waals surface area contributed by atoms with E-state index >= 15 is 0 Å². The predicted octanol–water partition coefficient (Wildman–Crippen LogP) is 1.97. The van der Waals surface area contributed by atoms with Gasteiger partial charge in [0.25, 0.3) is 0 Å². The molecule has 1 saturated carbocycles. The predicted molar refractivity (Wildman–Crippen MR) is 73.2 cm³/mol. The first-order valence-corrected chi connectivity index (χ1v) is 6.75. The number of anilines is 2. The number of nitrogens with one attached hydrogen (secondary N) is 2. The lowest BCUT2D eigenvalue weighted by atomic mass is 9.85. The van der Waals surface area contributed by atoms with Gasteiger partial charge in [-0.05, 0) is 25.2 Å². The molecule has 0 aliphatic heterocycles. The van der Waals surface area contributed by atoms with E-state index in [9.17, 15) is 4.79 Å². The van der Waals surface area contributed by atoms with Crippen LogP contribution in [0.1, 0.15) is 32.1 Å². The Bertz CT molecular complexity index is 421. The highest BCUT2D eigenvalue weighted by molar-refractivity contribution is 5.66. The van der Waals surface area contributed by atoms with Crippen molar-refractivity contribution in [3.8, 4) is 0 Å². The fourth-order valence-electron chi connectivity index (χ4n) is 1.95. The molecule has 0 atom stereocenters. The molecule has 19 heavy (non-hydrogen) atoms. The Kier molecular flexibility index (Phi) is 4.94. The maximum absolute atomic E-state index is 10.4. The Hall–Kier alpha value is -1.85. The number of hydrogen-bond donors (Lipinski definition) is 3. The van der Waals surface area contributed by atoms with E-state index in [1.165, 1.54) is 25.6 Å². The molecule has 0 amide bonds. The third-order valence-corrected chi connectivity index (χ3v) is 3.34. The average Bonchev–Trinajstić information content (AvgIpc) is 2.33. The van der Waals surface area contributed by atoms with Gasteiger partial charge in [0, 0.05) is 25.6 Å². The van der Waals surface area contributed by atoms with E-state index < -0.39 is 5.97 Å². The third-order valence-electron chi connectivity index (χ3n) is 3.34. The average molecular weight is 264 g/mol. The minimum Gasteiger partial charge on any atom is -0.481 e. The van der Waals surface area contributed by atoms with Gasteiger partial charge in [-0.3, -0.25) is 4.79 Å². The zero-order chi connectivity index (χ0) is 13.5. The monoisotopic (exact) mass is 264 g/mol. The van der Waals surface area contributed by atoms with Crippen LogP contribution in [-0.4, -0.2) is 34.1 Å². The molecular formula is C13H20N4O2. The first-order valence-electron chi connectivity index (χ1n) is 6.75. The normalized spacial score (nSPS) is 14.7. The summed E-state index contributed by atoms with van der Waals surface area (Å²) in [6, 6.07) is 1.86. The SMILES string of the molecule is O=C(O)CCCNc1cc(NCC2CCC2)ncn1. The molecule has 0 aromatic carbocycles. The third kappa shape index (κ3) is 4.73. The number of rotatable bonds is 8. The molecule has 0 bridgehead atoms. The van der Waals surface area contributed by atoms with Crippen LogP contribution in [0.15, 0.2) is 12.4 Å². The van der Waals surface area contributed by atoms with Crippen LogP contribution in [0.3, 0.4) is 0 Å². The van der Waals surface area contributed by atoms with Crippen molar-refractivity contribution < 1.29 is 9.90 Å². The number of carboxylic acids is 1. The number of nitrogens with zero attached hydrogens (tertiary/aromatic N) is 2. The molecule has 1 heterocycles. The molecule has 6 heteroatoms. The summed E-state index contributed by atoms with van der Waals surface area (Å²) >= 11 is 0. The lowest BCUT2D eigenvalue weighted by Gasteiger charge is -2.25. The number of carboxylic acid groups (broad SMARTS) is 1. The second-order valence-electron chi connectivity index (χ2n) is 4.89. The lowest BCUT2D eigenvalue weighted by Crippen LogP contribution is -2.21. The van der Waals surface area contributed by atoms with Crippen molar-refractivity contribution in [1.29, 1.82) is 0 Å². The summed E-state index contributed by atoms with van der Waals surface area (Å²) in [7, 11) is 0. The van der Waals surface area contributed by atoms with Gasteiger partial charge in [0.2, 0.25) is 0 Å². The van der Waals surface area contributed by atoms with Crippen molar-refractivity contribution in [1.82, 2.24) is 9.97 Å². The maximum Gasteiger partial charge on any atom is 0.303 e. The van der Waals surface area contributed by atoms with Crippen molar-refractivity contribution in [2.75, 3.05) is 23.7 Å². The van der Waals surface area contributed by atoms with Gasteiger partial charge in [0.15, 0.2) is 0 Å². The molecule has 0 spiro atoms. The van der Waals surface area contributed by atoms with Gasteiger partial charge in [0.05, 0.1) is 0 Å². The number of carbonyl (C=O) groups is 1. The number of aliphatic carboxylic acids is 1. The van der Waals surface area contributed by atoms with E-state index in [2.05, 4.69) is 20.6 Å². The van der Waals surface area contributed by atoms with Crippen LogP contribution in [0.4, 0.5) is 11.6 Å². The Morgan fingerprint density at radius 1 is 1.32 bits per heavy atom. The van der Waals surface area contributed by atoms with Gasteiger partial charge in [-0.2, -0.15) is 0 Å². The van der Waals surface area contributed by atoms with Gasteiger partial charge in [-0.1, -0.05) is 6.42 Å². The largest absolute Gasteiger partial charge is 0.481 e. The molecule has 6 nitrogen and oxygen atoms in total. The van der Waals surface area contributed by atoms with E-state index in [4.69, 9.17) is 5.11 Å². The van der Waals surface area contributed by atoms with Crippen molar-refractivity contribution in [3.05, 3.63) is 12.4 Å². The molecule has 1 aromatic rings. The van der Waals surface area contributed by atoms with E-state index in [-0.39, 0.29) is 6.42 Å². The quantitative estimate of drug-likeness (QED) is 0.622. The standard InChI is InChI=1S/C13H20N4O2/c18-13(19)5-2-6-14-11-7-12(17-9-16-11)15-8-10-3-1-4-10/h7,9-10H,1-6,8H2,(H,18,19)(H2,14,15,16,17). The summed E-state index contributed by atoms with van der Waals surface area (Å²) in [5, 5.41) is 15.0. The second kappa shape index (κ2) is 6.92. The molecule has 0 saturated heterocycles. The highest BCUT2D eigenvalue weighted by Gasteiger charge is 2.16. The van der Waals surface area contributed by atoms with Crippen LogP contribution in [0.2, 0.25) is 0 Å². The van der Waals surface area contributed by atoms with Crippen LogP contribution < -0.4 is 10.6 Å². The molecule has 3 N–H and O–H groups in total. The number of hydrogen-bond acceptors (Lipinski definition) is 5. The summed E-state index contributed by atoms with van der Waals surface area (Å²) in [5.41, 5.74) is 0. The Morgan fingerprint density at radius 2 is 2.05 bits per heavy atom. The Morgan fingerprint density at radius 3 is 2.68 bits per heavy atom. The second-order valence-corrected chi connectivity index (χ2v) is 4.89. The fourth-order valence-corrected chi connectivity index (χ4v) is 1.95. The lowest BCUT2D eigenvalue weighted by molar-refractivity contribution is -0.137. The summed E-state index contributed by atoms with van der Waals surface area (Å²) in [6.45, 7) is 1.57. The minimum absolute atomic E-state index is 0.171. The van der Waals surface area contributed by atoms with Crippen molar-refractivity contribution in [3.63, 3.8) is 0 Å². The van der Waals surface area contributed by atoms with Crippen molar-refractivity contribution in [2.45, 2.75) is 32.1 Å². The van der Waals surface area contributed by atoms with Gasteiger partial charge >= 0.3 is 5.97 Å². The van der Waals surface area contributed by atoms with Crippen molar-refractivity contribution >= 4 is 17.6 Å². The van der Waals surface area contributed by atoms with Crippen LogP contribution in [0.25, 0.3) is 0 Å². The molecule has 2 rings (SSSR count). The molecule has 1 aliphatic carbocycles. The molecule has 1 aromatic heterocycles. The highest BCUT2D eigenvalue weighted by atomic mass is 16.4. The van der Waals surface area contributed by atoms with E-state index in [1.807, 2.05) is 6.07 Å². The van der Waals surface area contributed by atoms with Crippen LogP contribution in [-0.2, 0) is 4.79 Å². The zero-order valence-corrected chi connectivity index (χ0v) is 10.9. The molecular weight excluding hydrogens is 244 g/mol. The Balaban J connectivity index is 1.72. The van der Waals surface area contributed by atoms with Gasteiger partial charge in [-0.25, -0.2) is 9.97 Å². The topological polar surface area (TPSA) is 87.1 Å². The fraction of sp³-hybridized carbons (Fsp3) is 0.615. The summed E-state index contributed by atoms with van der Waals surface area (Å²) in [4.78, 5) is 18.7.